The van der Waals surface area contributed by atoms with E-state index in [2.05, 4.69) is 20.9 Å². The summed E-state index contributed by atoms with van der Waals surface area (Å²) in [7, 11) is 1.60. The van der Waals surface area contributed by atoms with E-state index >= 15 is 0 Å². The molecule has 7 heteroatoms. The van der Waals surface area contributed by atoms with E-state index in [1.165, 1.54) is 18.7 Å². The summed E-state index contributed by atoms with van der Waals surface area (Å²) in [6.45, 7) is 3.99. The first-order valence-electron chi connectivity index (χ1n) is 8.45. The Morgan fingerprint density at radius 3 is 2.70 bits per heavy atom. The number of hydrogen-bond donors (Lipinski definition) is 0. The summed E-state index contributed by atoms with van der Waals surface area (Å²) < 4.78 is 7.93. The minimum Gasteiger partial charge on any atom is -0.496 e. The molecule has 0 aliphatic carbocycles. The number of carbonyl (C=O) groups is 1. The average molecular weight is 447 g/mol. The number of thioether (sulfide) groups is 1. The average Bonchev–Trinajstić information content (AvgIpc) is 2.66. The third-order valence-corrected chi connectivity index (χ3v) is 5.76. The third-order valence-electron chi connectivity index (χ3n) is 4.24. The summed E-state index contributed by atoms with van der Waals surface area (Å²) >= 11 is 4.86. The first kappa shape index (κ1) is 19.6. The highest BCUT2D eigenvalue weighted by molar-refractivity contribution is 9.10. The number of fused-ring (bicyclic) bond motifs is 1. The van der Waals surface area contributed by atoms with Crippen LogP contribution in [0.25, 0.3) is 10.9 Å². The van der Waals surface area contributed by atoms with Crippen molar-refractivity contribution >= 4 is 44.4 Å². The van der Waals surface area contributed by atoms with Gasteiger partial charge in [-0.15, -0.1) is 0 Å². The number of methoxy groups -OCH3 is 1. The van der Waals surface area contributed by atoms with Gasteiger partial charge in [0.25, 0.3) is 5.56 Å². The van der Waals surface area contributed by atoms with Crippen LogP contribution in [-0.2, 0) is 12.3 Å². The zero-order valence-corrected chi connectivity index (χ0v) is 17.7. The molecule has 1 aromatic heterocycles. The van der Waals surface area contributed by atoms with Crippen molar-refractivity contribution in [3.05, 3.63) is 62.4 Å². The standard InChI is InChI=1S/C20H19BrN2O3S/c1-4-23-19(25)16-10-15(21)6-7-17(16)22-20(23)27-11-14-9-13(12(2)24)5-8-18(14)26-3/h5-10H,4,11H2,1-3H3. The topological polar surface area (TPSA) is 61.2 Å². The summed E-state index contributed by atoms with van der Waals surface area (Å²) in [5.74, 6) is 1.25. The smallest absolute Gasteiger partial charge is 0.262 e. The zero-order valence-electron chi connectivity index (χ0n) is 15.3. The minimum atomic E-state index is -0.0595. The second kappa shape index (κ2) is 8.27. The Morgan fingerprint density at radius 1 is 1.26 bits per heavy atom. The van der Waals surface area contributed by atoms with E-state index in [9.17, 15) is 9.59 Å². The van der Waals surface area contributed by atoms with E-state index in [-0.39, 0.29) is 11.3 Å². The van der Waals surface area contributed by atoms with E-state index in [0.29, 0.717) is 39.7 Å². The molecule has 1 heterocycles. The number of Topliss-reactive ketones (excluding diaryl/α,β-unsaturated/α-hetero) is 1. The molecule has 3 aromatic rings. The molecule has 0 aliphatic heterocycles. The van der Waals surface area contributed by atoms with E-state index in [1.54, 1.807) is 29.9 Å². The van der Waals surface area contributed by atoms with Crippen LogP contribution in [0.4, 0.5) is 0 Å². The Labute approximate surface area is 169 Å². The van der Waals surface area contributed by atoms with Crippen LogP contribution in [0.3, 0.4) is 0 Å². The molecular weight excluding hydrogens is 428 g/mol. The summed E-state index contributed by atoms with van der Waals surface area (Å²) in [5, 5.41) is 1.24. The fourth-order valence-electron chi connectivity index (χ4n) is 2.81. The normalized spacial score (nSPS) is 11.0. The van der Waals surface area contributed by atoms with Gasteiger partial charge >= 0.3 is 0 Å². The van der Waals surface area contributed by atoms with E-state index in [0.717, 1.165) is 10.0 Å². The second-order valence-corrected chi connectivity index (χ2v) is 7.83. The van der Waals surface area contributed by atoms with Crippen LogP contribution in [0.1, 0.15) is 29.8 Å². The molecule has 0 atom stereocenters. The number of rotatable bonds is 6. The van der Waals surface area contributed by atoms with Gasteiger partial charge in [-0.2, -0.15) is 0 Å². The van der Waals surface area contributed by atoms with Gasteiger partial charge in [-0.3, -0.25) is 14.2 Å². The molecule has 0 spiro atoms. The molecule has 27 heavy (non-hydrogen) atoms. The molecule has 0 fully saturated rings. The van der Waals surface area contributed by atoms with Gasteiger partial charge in [0.15, 0.2) is 10.9 Å². The number of nitrogens with zero attached hydrogens (tertiary/aromatic N) is 2. The lowest BCUT2D eigenvalue weighted by Gasteiger charge is -2.13. The van der Waals surface area contributed by atoms with Crippen LogP contribution >= 0.6 is 27.7 Å². The molecule has 5 nitrogen and oxygen atoms in total. The van der Waals surface area contributed by atoms with Crippen LogP contribution in [0.15, 0.2) is 50.8 Å². The fourth-order valence-corrected chi connectivity index (χ4v) is 4.22. The lowest BCUT2D eigenvalue weighted by Crippen LogP contribution is -2.22. The van der Waals surface area contributed by atoms with Crippen molar-refractivity contribution < 1.29 is 9.53 Å². The van der Waals surface area contributed by atoms with Gasteiger partial charge in [0.2, 0.25) is 0 Å². The summed E-state index contributed by atoms with van der Waals surface area (Å²) in [6.07, 6.45) is 0. The second-order valence-electron chi connectivity index (χ2n) is 5.98. The van der Waals surface area contributed by atoms with Crippen LogP contribution in [0, 0.1) is 0 Å². The fraction of sp³-hybridized carbons (Fsp3) is 0.250. The summed E-state index contributed by atoms with van der Waals surface area (Å²) in [4.78, 5) is 29.2. The maximum absolute atomic E-state index is 12.8. The predicted molar refractivity (Wildman–Crippen MR) is 112 cm³/mol. The molecule has 0 saturated heterocycles. The molecule has 140 valence electrons. The first-order valence-corrected chi connectivity index (χ1v) is 10.2. The van der Waals surface area contributed by atoms with Crippen LogP contribution < -0.4 is 10.3 Å². The SMILES string of the molecule is CCn1c(SCc2cc(C(C)=O)ccc2OC)nc2ccc(Br)cc2c1=O. The Kier molecular flexibility index (Phi) is 6.01. The Morgan fingerprint density at radius 2 is 2.04 bits per heavy atom. The number of ketones is 1. The highest BCUT2D eigenvalue weighted by Crippen LogP contribution is 2.29. The number of ether oxygens (including phenoxy) is 1. The van der Waals surface area contributed by atoms with Crippen molar-refractivity contribution in [1.29, 1.82) is 0 Å². The molecule has 2 aromatic carbocycles. The van der Waals surface area contributed by atoms with Crippen LogP contribution in [0.5, 0.6) is 5.75 Å². The van der Waals surface area contributed by atoms with Crippen molar-refractivity contribution in [1.82, 2.24) is 9.55 Å². The maximum atomic E-state index is 12.8. The van der Waals surface area contributed by atoms with E-state index in [4.69, 9.17) is 4.74 Å². The Balaban J connectivity index is 2.00. The van der Waals surface area contributed by atoms with Gasteiger partial charge in [-0.25, -0.2) is 4.98 Å². The van der Waals surface area contributed by atoms with E-state index in [1.807, 2.05) is 25.1 Å². The van der Waals surface area contributed by atoms with Gasteiger partial charge in [0, 0.05) is 27.9 Å². The maximum Gasteiger partial charge on any atom is 0.262 e. The van der Waals surface area contributed by atoms with E-state index < -0.39 is 0 Å². The van der Waals surface area contributed by atoms with Gasteiger partial charge < -0.3 is 4.74 Å². The predicted octanol–water partition coefficient (Wildman–Crippen LogP) is 4.68. The van der Waals surface area contributed by atoms with Crippen molar-refractivity contribution in [2.75, 3.05) is 7.11 Å². The van der Waals surface area contributed by atoms with Crippen molar-refractivity contribution in [3.8, 4) is 5.75 Å². The van der Waals surface area contributed by atoms with Crippen LogP contribution in [-0.4, -0.2) is 22.4 Å². The van der Waals surface area contributed by atoms with Gasteiger partial charge in [-0.05, 0) is 50.2 Å². The number of carbonyl (C=O) groups excluding carboxylic acids is 1. The Bertz CT molecular complexity index is 1080. The lowest BCUT2D eigenvalue weighted by molar-refractivity contribution is 0.101. The van der Waals surface area contributed by atoms with Gasteiger partial charge in [-0.1, -0.05) is 27.7 Å². The number of benzene rings is 2. The first-order chi connectivity index (χ1) is 12.9. The number of halogens is 1. The third kappa shape index (κ3) is 4.09. The van der Waals surface area contributed by atoms with Crippen LogP contribution in [0.2, 0.25) is 0 Å². The Hall–Kier alpha value is -2.12. The van der Waals surface area contributed by atoms with Crippen molar-refractivity contribution in [2.24, 2.45) is 0 Å². The minimum absolute atomic E-state index is 0.00350. The van der Waals surface area contributed by atoms with Crippen molar-refractivity contribution in [2.45, 2.75) is 31.3 Å². The largest absolute Gasteiger partial charge is 0.496 e. The summed E-state index contributed by atoms with van der Waals surface area (Å²) in [6, 6.07) is 10.9. The molecule has 0 saturated carbocycles. The monoisotopic (exact) mass is 446 g/mol. The zero-order chi connectivity index (χ0) is 19.6. The van der Waals surface area contributed by atoms with Gasteiger partial charge in [0.05, 0.1) is 18.0 Å². The number of hydrogen-bond acceptors (Lipinski definition) is 5. The molecule has 0 N–H and O–H groups in total. The molecule has 0 radical (unpaired) electrons. The lowest BCUT2D eigenvalue weighted by atomic mass is 10.1. The molecule has 0 amide bonds. The molecule has 0 bridgehead atoms. The van der Waals surface area contributed by atoms with Crippen molar-refractivity contribution in [3.63, 3.8) is 0 Å². The highest BCUT2D eigenvalue weighted by Gasteiger charge is 2.13. The molecule has 0 aliphatic rings. The molecule has 0 unspecified atom stereocenters. The number of aromatic nitrogens is 2. The highest BCUT2D eigenvalue weighted by atomic mass is 79.9. The molecule has 3 rings (SSSR count). The quantitative estimate of drug-likeness (QED) is 0.312. The summed E-state index contributed by atoms with van der Waals surface area (Å²) in [5.41, 5.74) is 2.13. The van der Waals surface area contributed by atoms with Gasteiger partial charge in [0.1, 0.15) is 5.75 Å². The molecular formula is C20H19BrN2O3S.